The Balaban J connectivity index is 1.65. The molecule has 0 radical (unpaired) electrons. The Hall–Kier alpha value is -1.80. The lowest BCUT2D eigenvalue weighted by Crippen LogP contribution is -2.32. The van der Waals surface area contributed by atoms with E-state index >= 15 is 0 Å². The Bertz CT molecular complexity index is 920. The van der Waals surface area contributed by atoms with Gasteiger partial charge in [-0.2, -0.15) is 4.31 Å². The standard InChI is InChI=1S/C18H19ClN2O4S/c19-14-8-16-17(25-7-6-24-16)9-18(14)26(22,23)21-10-13(15(20)11-21)12-4-2-1-3-5-12/h1-5,8-9,13,15H,6-7,10-11,20H2/t13-,15+/m0/s1. The number of hydrogen-bond donors (Lipinski definition) is 1. The van der Waals surface area contributed by atoms with Crippen molar-refractivity contribution in [2.45, 2.75) is 16.9 Å². The smallest absolute Gasteiger partial charge is 0.244 e. The highest BCUT2D eigenvalue weighted by Gasteiger charge is 2.39. The summed E-state index contributed by atoms with van der Waals surface area (Å²) < 4.78 is 38.7. The number of hydrogen-bond acceptors (Lipinski definition) is 5. The number of halogens is 1. The molecule has 1 saturated heterocycles. The summed E-state index contributed by atoms with van der Waals surface area (Å²) in [5.74, 6) is 0.796. The second-order valence-corrected chi connectivity index (χ2v) is 8.74. The van der Waals surface area contributed by atoms with E-state index in [-0.39, 0.29) is 28.4 Å². The van der Waals surface area contributed by atoms with Crippen LogP contribution in [-0.2, 0) is 10.0 Å². The molecular weight excluding hydrogens is 376 g/mol. The molecule has 0 spiro atoms. The van der Waals surface area contributed by atoms with Gasteiger partial charge in [0.1, 0.15) is 18.1 Å². The van der Waals surface area contributed by atoms with Crippen LogP contribution in [0.4, 0.5) is 0 Å². The minimum absolute atomic E-state index is 0.0179. The molecule has 0 amide bonds. The van der Waals surface area contributed by atoms with E-state index in [1.54, 1.807) is 0 Å². The molecule has 0 aliphatic carbocycles. The van der Waals surface area contributed by atoms with Gasteiger partial charge in [-0.25, -0.2) is 8.42 Å². The van der Waals surface area contributed by atoms with E-state index in [9.17, 15) is 8.42 Å². The molecule has 2 aliphatic rings. The molecule has 2 aliphatic heterocycles. The van der Waals surface area contributed by atoms with Gasteiger partial charge in [-0.15, -0.1) is 0 Å². The van der Waals surface area contributed by atoms with Crippen LogP contribution in [-0.4, -0.2) is 45.1 Å². The molecule has 0 aromatic heterocycles. The van der Waals surface area contributed by atoms with Crippen LogP contribution in [0.25, 0.3) is 0 Å². The van der Waals surface area contributed by atoms with Crippen molar-refractivity contribution in [2.24, 2.45) is 5.73 Å². The lowest BCUT2D eigenvalue weighted by Gasteiger charge is -2.22. The van der Waals surface area contributed by atoms with E-state index < -0.39 is 10.0 Å². The molecule has 2 heterocycles. The first-order chi connectivity index (χ1) is 12.5. The van der Waals surface area contributed by atoms with Gasteiger partial charge in [-0.05, 0) is 5.56 Å². The normalized spacial score (nSPS) is 23.2. The molecular formula is C18H19ClN2O4S. The lowest BCUT2D eigenvalue weighted by molar-refractivity contribution is 0.171. The minimum Gasteiger partial charge on any atom is -0.486 e. The molecule has 6 nitrogen and oxygen atoms in total. The molecule has 0 unspecified atom stereocenters. The van der Waals surface area contributed by atoms with Crippen molar-refractivity contribution >= 4 is 21.6 Å². The quantitative estimate of drug-likeness (QED) is 0.863. The molecule has 4 rings (SSSR count). The SMILES string of the molecule is N[C@@H]1CN(S(=O)(=O)c2cc3c(cc2Cl)OCCO3)C[C@H]1c1ccccc1. The Labute approximate surface area is 157 Å². The van der Waals surface area contributed by atoms with Crippen LogP contribution in [0.1, 0.15) is 11.5 Å². The van der Waals surface area contributed by atoms with Gasteiger partial charge in [0.2, 0.25) is 10.0 Å². The van der Waals surface area contributed by atoms with E-state index in [1.807, 2.05) is 30.3 Å². The zero-order valence-electron chi connectivity index (χ0n) is 14.0. The molecule has 2 aromatic rings. The molecule has 0 saturated carbocycles. The molecule has 1 fully saturated rings. The molecule has 8 heteroatoms. The third kappa shape index (κ3) is 3.05. The van der Waals surface area contributed by atoms with Gasteiger partial charge in [-0.1, -0.05) is 41.9 Å². The van der Waals surface area contributed by atoms with Crippen LogP contribution in [0.15, 0.2) is 47.4 Å². The third-order valence-corrected chi connectivity index (χ3v) is 7.07. The summed E-state index contributed by atoms with van der Waals surface area (Å²) in [4.78, 5) is 0.0179. The van der Waals surface area contributed by atoms with Gasteiger partial charge in [0.15, 0.2) is 11.5 Å². The first-order valence-corrected chi connectivity index (χ1v) is 10.2. The number of nitrogens with two attached hydrogens (primary N) is 1. The third-order valence-electron chi connectivity index (χ3n) is 4.77. The first-order valence-electron chi connectivity index (χ1n) is 8.36. The minimum atomic E-state index is -3.79. The van der Waals surface area contributed by atoms with Crippen LogP contribution in [0, 0.1) is 0 Å². The Morgan fingerprint density at radius 1 is 1.04 bits per heavy atom. The van der Waals surface area contributed by atoms with Crippen LogP contribution in [0.5, 0.6) is 11.5 Å². The van der Waals surface area contributed by atoms with Crippen molar-refractivity contribution < 1.29 is 17.9 Å². The summed E-state index contributed by atoms with van der Waals surface area (Å²) in [5, 5.41) is 0.117. The summed E-state index contributed by atoms with van der Waals surface area (Å²) >= 11 is 6.24. The fraction of sp³-hybridized carbons (Fsp3) is 0.333. The van der Waals surface area contributed by atoms with Gasteiger partial charge in [0.05, 0.1) is 5.02 Å². The van der Waals surface area contributed by atoms with Gasteiger partial charge < -0.3 is 15.2 Å². The predicted octanol–water partition coefficient (Wildman–Crippen LogP) is 2.23. The van der Waals surface area contributed by atoms with E-state index in [2.05, 4.69) is 0 Å². The van der Waals surface area contributed by atoms with E-state index in [1.165, 1.54) is 16.4 Å². The highest BCUT2D eigenvalue weighted by atomic mass is 35.5. The van der Waals surface area contributed by atoms with E-state index in [4.69, 9.17) is 26.8 Å². The average Bonchev–Trinajstić information content (AvgIpc) is 3.04. The molecule has 2 atom stereocenters. The average molecular weight is 395 g/mol. The van der Waals surface area contributed by atoms with Crippen molar-refractivity contribution in [2.75, 3.05) is 26.3 Å². The number of fused-ring (bicyclic) bond motifs is 1. The van der Waals surface area contributed by atoms with Gasteiger partial charge in [0, 0.05) is 37.2 Å². The Kier molecular flexibility index (Phi) is 4.56. The molecule has 138 valence electrons. The largest absolute Gasteiger partial charge is 0.486 e. The zero-order valence-corrected chi connectivity index (χ0v) is 15.5. The van der Waals surface area contributed by atoms with Crippen LogP contribution in [0.2, 0.25) is 5.02 Å². The monoisotopic (exact) mass is 394 g/mol. The number of sulfonamides is 1. The maximum atomic E-state index is 13.2. The summed E-state index contributed by atoms with van der Waals surface area (Å²) in [7, 11) is -3.79. The summed E-state index contributed by atoms with van der Waals surface area (Å²) in [6.45, 7) is 1.35. The van der Waals surface area contributed by atoms with Crippen molar-refractivity contribution in [1.82, 2.24) is 4.31 Å². The number of rotatable bonds is 3. The molecule has 2 aromatic carbocycles. The topological polar surface area (TPSA) is 81.9 Å². The fourth-order valence-electron chi connectivity index (χ4n) is 3.42. The second-order valence-electron chi connectivity index (χ2n) is 6.43. The van der Waals surface area contributed by atoms with Crippen molar-refractivity contribution in [3.05, 3.63) is 53.1 Å². The summed E-state index contributed by atoms with van der Waals surface area (Å²) in [5.41, 5.74) is 7.27. The predicted molar refractivity (Wildman–Crippen MR) is 98.4 cm³/mol. The Morgan fingerprint density at radius 3 is 2.38 bits per heavy atom. The van der Waals surface area contributed by atoms with Crippen molar-refractivity contribution in [1.29, 1.82) is 0 Å². The van der Waals surface area contributed by atoms with Gasteiger partial charge in [-0.3, -0.25) is 0 Å². The molecule has 2 N–H and O–H groups in total. The van der Waals surface area contributed by atoms with E-state index in [0.717, 1.165) is 5.56 Å². The van der Waals surface area contributed by atoms with Crippen LogP contribution >= 0.6 is 11.6 Å². The molecule has 26 heavy (non-hydrogen) atoms. The maximum Gasteiger partial charge on any atom is 0.244 e. The lowest BCUT2D eigenvalue weighted by atomic mass is 9.95. The van der Waals surface area contributed by atoms with Crippen LogP contribution < -0.4 is 15.2 Å². The fourth-order valence-corrected chi connectivity index (χ4v) is 5.43. The van der Waals surface area contributed by atoms with E-state index in [0.29, 0.717) is 31.3 Å². The van der Waals surface area contributed by atoms with Crippen LogP contribution in [0.3, 0.4) is 0 Å². The number of nitrogens with zero attached hydrogens (tertiary/aromatic N) is 1. The maximum absolute atomic E-state index is 13.2. The van der Waals surface area contributed by atoms with Crippen molar-refractivity contribution in [3.63, 3.8) is 0 Å². The highest BCUT2D eigenvalue weighted by molar-refractivity contribution is 7.89. The number of benzene rings is 2. The van der Waals surface area contributed by atoms with Gasteiger partial charge in [0.25, 0.3) is 0 Å². The number of ether oxygens (including phenoxy) is 2. The highest BCUT2D eigenvalue weighted by Crippen LogP contribution is 2.39. The Morgan fingerprint density at radius 2 is 1.69 bits per heavy atom. The summed E-state index contributed by atoms with van der Waals surface area (Å²) in [6.07, 6.45) is 0. The van der Waals surface area contributed by atoms with Crippen molar-refractivity contribution in [3.8, 4) is 11.5 Å². The first kappa shape index (κ1) is 17.6. The zero-order chi connectivity index (χ0) is 18.3. The second kappa shape index (κ2) is 6.74. The van der Waals surface area contributed by atoms with Gasteiger partial charge >= 0.3 is 0 Å². The molecule has 0 bridgehead atoms. The summed E-state index contributed by atoms with van der Waals surface area (Å²) in [6, 6.07) is 12.4.